The number of nitrogens with zero attached hydrogens (tertiary/aromatic N) is 1. The van der Waals surface area contributed by atoms with Crippen LogP contribution in [0, 0.1) is 0 Å². The minimum atomic E-state index is -1.84. The lowest BCUT2D eigenvalue weighted by Crippen LogP contribution is -2.43. The van der Waals surface area contributed by atoms with E-state index < -0.39 is 16.6 Å². The molecule has 136 valence electrons. The second-order valence-electron chi connectivity index (χ2n) is 9.52. The Kier molecular flexibility index (Phi) is 6.15. The molecule has 0 N–H and O–H groups in total. The zero-order valence-corrected chi connectivity index (χ0v) is 19.2. The average molecular weight is 366 g/mol. The van der Waals surface area contributed by atoms with E-state index in [-0.39, 0.29) is 10.1 Å². The van der Waals surface area contributed by atoms with Crippen LogP contribution < -0.4 is 4.43 Å². The molecule has 3 nitrogen and oxygen atoms in total. The van der Waals surface area contributed by atoms with Gasteiger partial charge in [-0.3, -0.25) is 0 Å². The Balaban J connectivity index is 2.74. The molecule has 0 saturated carbocycles. The van der Waals surface area contributed by atoms with Gasteiger partial charge in [-0.25, -0.2) is 0 Å². The lowest BCUT2D eigenvalue weighted by atomic mass is 10.2. The Bertz CT molecular complexity index is 565. The zero-order chi connectivity index (χ0) is 18.8. The first kappa shape index (κ1) is 21.0. The zero-order valence-electron chi connectivity index (χ0n) is 17.2. The van der Waals surface area contributed by atoms with Gasteiger partial charge in [-0.1, -0.05) is 41.5 Å². The van der Waals surface area contributed by atoms with E-state index in [0.717, 1.165) is 11.3 Å². The van der Waals surface area contributed by atoms with Gasteiger partial charge in [0.1, 0.15) is 5.75 Å². The molecule has 0 spiro atoms. The Morgan fingerprint density at radius 2 is 1.25 bits per heavy atom. The summed E-state index contributed by atoms with van der Waals surface area (Å²) in [4.78, 5) is 0. The molecule has 0 aromatic heterocycles. The first-order chi connectivity index (χ1) is 10.7. The van der Waals surface area contributed by atoms with Crippen LogP contribution in [0.25, 0.3) is 0 Å². The molecule has 0 heterocycles. The van der Waals surface area contributed by atoms with Crippen molar-refractivity contribution in [1.82, 2.24) is 0 Å². The molecule has 24 heavy (non-hydrogen) atoms. The van der Waals surface area contributed by atoms with Gasteiger partial charge in [0.25, 0.3) is 8.32 Å². The van der Waals surface area contributed by atoms with Crippen LogP contribution in [0.15, 0.2) is 29.4 Å². The SMILES string of the molecule is CC(C)(C)[Si](C)(C)O/N=C/c1ccc(O[Si](C)(C)C(C)(C)C)cc1. The van der Waals surface area contributed by atoms with Crippen molar-refractivity contribution in [1.29, 1.82) is 0 Å². The molecule has 0 amide bonds. The average Bonchev–Trinajstić information content (AvgIpc) is 2.37. The summed E-state index contributed by atoms with van der Waals surface area (Å²) in [6.07, 6.45) is 1.79. The normalized spacial score (nSPS) is 14.1. The van der Waals surface area contributed by atoms with E-state index in [0.29, 0.717) is 0 Å². The quantitative estimate of drug-likeness (QED) is 0.342. The largest absolute Gasteiger partial charge is 0.544 e. The number of oxime groups is 1. The number of rotatable bonds is 5. The fourth-order valence-electron chi connectivity index (χ4n) is 1.43. The van der Waals surface area contributed by atoms with Crippen LogP contribution in [0.5, 0.6) is 5.75 Å². The second-order valence-corrected chi connectivity index (χ2v) is 18.9. The summed E-state index contributed by atoms with van der Waals surface area (Å²) in [6.45, 7) is 22.3. The van der Waals surface area contributed by atoms with Crippen LogP contribution in [0.2, 0.25) is 36.3 Å². The molecule has 0 saturated heterocycles. The van der Waals surface area contributed by atoms with Crippen LogP contribution in [0.4, 0.5) is 0 Å². The Morgan fingerprint density at radius 1 is 0.792 bits per heavy atom. The van der Waals surface area contributed by atoms with E-state index in [4.69, 9.17) is 8.95 Å². The summed E-state index contributed by atoms with van der Waals surface area (Å²) < 4.78 is 12.1. The number of hydrogen-bond donors (Lipinski definition) is 0. The molecule has 0 aliphatic rings. The summed E-state index contributed by atoms with van der Waals surface area (Å²) in [5.74, 6) is 0.934. The van der Waals surface area contributed by atoms with E-state index in [1.807, 2.05) is 24.3 Å². The maximum atomic E-state index is 6.29. The summed E-state index contributed by atoms with van der Waals surface area (Å²) in [5, 5.41) is 4.58. The van der Waals surface area contributed by atoms with Gasteiger partial charge in [0.05, 0.1) is 6.21 Å². The molecule has 1 aromatic carbocycles. The van der Waals surface area contributed by atoms with Crippen molar-refractivity contribution >= 4 is 22.8 Å². The van der Waals surface area contributed by atoms with Crippen LogP contribution >= 0.6 is 0 Å². The number of hydrogen-bond acceptors (Lipinski definition) is 3. The van der Waals surface area contributed by atoms with Gasteiger partial charge in [-0.2, -0.15) is 0 Å². The van der Waals surface area contributed by atoms with Gasteiger partial charge in [0.15, 0.2) is 0 Å². The third kappa shape index (κ3) is 5.48. The third-order valence-corrected chi connectivity index (χ3v) is 13.9. The molecule has 0 unspecified atom stereocenters. The minimum absolute atomic E-state index is 0.158. The highest BCUT2D eigenvalue weighted by atomic mass is 28.4. The van der Waals surface area contributed by atoms with Crippen molar-refractivity contribution in [3.8, 4) is 5.75 Å². The highest BCUT2D eigenvalue weighted by Gasteiger charge is 2.40. The predicted molar refractivity (Wildman–Crippen MR) is 110 cm³/mol. The molecule has 0 aliphatic carbocycles. The smallest absolute Gasteiger partial charge is 0.286 e. The summed E-state index contributed by atoms with van der Waals surface area (Å²) >= 11 is 0. The van der Waals surface area contributed by atoms with Crippen molar-refractivity contribution in [3.05, 3.63) is 29.8 Å². The van der Waals surface area contributed by atoms with Crippen molar-refractivity contribution in [3.63, 3.8) is 0 Å². The lowest BCUT2D eigenvalue weighted by molar-refractivity contribution is 0.310. The summed E-state index contributed by atoms with van der Waals surface area (Å²) in [6, 6.07) is 8.10. The van der Waals surface area contributed by atoms with E-state index in [1.54, 1.807) is 6.21 Å². The van der Waals surface area contributed by atoms with Crippen LogP contribution in [0.3, 0.4) is 0 Å². The van der Waals surface area contributed by atoms with Crippen molar-refractivity contribution in [2.75, 3.05) is 0 Å². The summed E-state index contributed by atoms with van der Waals surface area (Å²) in [7, 11) is -3.63. The third-order valence-electron chi connectivity index (χ3n) is 5.35. The molecule has 1 rings (SSSR count). The lowest BCUT2D eigenvalue weighted by Gasteiger charge is -2.36. The van der Waals surface area contributed by atoms with Crippen LogP contribution in [-0.4, -0.2) is 22.8 Å². The maximum absolute atomic E-state index is 6.29. The first-order valence-electron chi connectivity index (χ1n) is 8.66. The predicted octanol–water partition coefficient (Wildman–Crippen LogP) is 6.43. The van der Waals surface area contributed by atoms with Gasteiger partial charge in [0, 0.05) is 0 Å². The summed E-state index contributed by atoms with van der Waals surface area (Å²) in [5.41, 5.74) is 1.02. The van der Waals surface area contributed by atoms with Crippen LogP contribution in [-0.2, 0) is 4.53 Å². The Morgan fingerprint density at radius 3 is 1.67 bits per heavy atom. The monoisotopic (exact) mass is 365 g/mol. The van der Waals surface area contributed by atoms with E-state index in [9.17, 15) is 0 Å². The second kappa shape index (κ2) is 7.04. The van der Waals surface area contributed by atoms with E-state index >= 15 is 0 Å². The molecular weight excluding hydrogens is 330 g/mol. The number of benzene rings is 1. The minimum Gasteiger partial charge on any atom is -0.544 e. The van der Waals surface area contributed by atoms with Gasteiger partial charge in [-0.05, 0) is 66.1 Å². The molecule has 1 aromatic rings. The molecule has 0 aliphatic heterocycles. The van der Waals surface area contributed by atoms with E-state index in [1.165, 1.54) is 0 Å². The maximum Gasteiger partial charge on any atom is 0.286 e. The van der Waals surface area contributed by atoms with Crippen molar-refractivity contribution in [2.45, 2.75) is 77.8 Å². The first-order valence-corrected chi connectivity index (χ1v) is 14.5. The molecule has 0 atom stereocenters. The van der Waals surface area contributed by atoms with Gasteiger partial charge in [-0.15, -0.1) is 5.16 Å². The van der Waals surface area contributed by atoms with Gasteiger partial charge >= 0.3 is 0 Å². The topological polar surface area (TPSA) is 30.8 Å². The Hall–Kier alpha value is -1.08. The molecular formula is C19H35NO2Si2. The van der Waals surface area contributed by atoms with Crippen molar-refractivity contribution in [2.24, 2.45) is 5.16 Å². The highest BCUT2D eigenvalue weighted by Crippen LogP contribution is 2.38. The van der Waals surface area contributed by atoms with Crippen LogP contribution in [0.1, 0.15) is 47.1 Å². The van der Waals surface area contributed by atoms with Crippen molar-refractivity contribution < 1.29 is 8.95 Å². The fourth-order valence-corrected chi connectivity index (χ4v) is 3.05. The van der Waals surface area contributed by atoms with Gasteiger partial charge in [0.2, 0.25) is 8.32 Å². The molecule has 5 heteroatoms. The fraction of sp³-hybridized carbons (Fsp3) is 0.632. The highest BCUT2D eigenvalue weighted by molar-refractivity contribution is 6.75. The van der Waals surface area contributed by atoms with Gasteiger partial charge < -0.3 is 8.95 Å². The molecule has 0 fully saturated rings. The standard InChI is InChI=1S/C19H35NO2Si2/c1-18(2,3)23(7,8)21-17-13-11-16(12-14-17)15-20-22-24(9,10)19(4,5)6/h11-15H,1-10H3/b20-15+. The molecule has 0 radical (unpaired) electrons. The Labute approximate surface area is 150 Å². The van der Waals surface area contributed by atoms with E-state index in [2.05, 4.69) is 72.9 Å². The molecule has 0 bridgehead atoms.